The van der Waals surface area contributed by atoms with E-state index in [9.17, 15) is 14.0 Å². The summed E-state index contributed by atoms with van der Waals surface area (Å²) in [6.07, 6.45) is 7.58. The summed E-state index contributed by atoms with van der Waals surface area (Å²) in [5.41, 5.74) is 3.11. The van der Waals surface area contributed by atoms with E-state index in [-0.39, 0.29) is 17.3 Å². The molecule has 0 spiro atoms. The second kappa shape index (κ2) is 12.9. The topological polar surface area (TPSA) is 99.0 Å². The second-order valence-corrected chi connectivity index (χ2v) is 9.15. The van der Waals surface area contributed by atoms with Crippen molar-refractivity contribution >= 4 is 17.7 Å². The smallest absolute Gasteiger partial charge is 0.277 e. The Morgan fingerprint density at radius 1 is 1.05 bits per heavy atom. The van der Waals surface area contributed by atoms with Crippen molar-refractivity contribution < 1.29 is 13.9 Å². The van der Waals surface area contributed by atoms with Gasteiger partial charge in [0.1, 0.15) is 12.1 Å². The van der Waals surface area contributed by atoms with E-state index in [2.05, 4.69) is 20.3 Å². The Morgan fingerprint density at radius 2 is 1.78 bits per heavy atom. The highest BCUT2D eigenvalue weighted by molar-refractivity contribution is 7.98. The lowest BCUT2D eigenvalue weighted by Crippen LogP contribution is -2.25. The molecule has 0 bridgehead atoms. The van der Waals surface area contributed by atoms with E-state index < -0.39 is 0 Å². The minimum absolute atomic E-state index is 0.170. The number of amides is 1. The van der Waals surface area contributed by atoms with E-state index in [0.717, 1.165) is 23.2 Å². The van der Waals surface area contributed by atoms with Gasteiger partial charge in [-0.15, -0.1) is 0 Å². The molecule has 37 heavy (non-hydrogen) atoms. The van der Waals surface area contributed by atoms with Crippen LogP contribution in [0.2, 0.25) is 0 Å². The summed E-state index contributed by atoms with van der Waals surface area (Å²) in [4.78, 5) is 37.7. The molecule has 0 saturated heterocycles. The summed E-state index contributed by atoms with van der Waals surface area (Å²) in [6.45, 7) is 1.10. The summed E-state index contributed by atoms with van der Waals surface area (Å²) in [7, 11) is 1.62. The van der Waals surface area contributed by atoms with E-state index in [1.165, 1.54) is 30.2 Å². The zero-order chi connectivity index (χ0) is 26.0. The highest BCUT2D eigenvalue weighted by Crippen LogP contribution is 2.24. The van der Waals surface area contributed by atoms with Gasteiger partial charge in [-0.25, -0.2) is 14.4 Å². The van der Waals surface area contributed by atoms with Crippen molar-refractivity contribution in [2.75, 3.05) is 20.3 Å². The summed E-state index contributed by atoms with van der Waals surface area (Å²) in [5.74, 6) is 0.0257. The molecule has 4 aromatic rings. The fraction of sp³-hybridized carbons (Fsp3) is 0.222. The average molecular weight is 520 g/mol. The lowest BCUT2D eigenvalue weighted by Gasteiger charge is -2.15. The maximum Gasteiger partial charge on any atom is 0.277 e. The Kier molecular flexibility index (Phi) is 9.12. The normalized spacial score (nSPS) is 10.9. The number of aromatic nitrogens is 4. The van der Waals surface area contributed by atoms with Crippen molar-refractivity contribution in [3.63, 3.8) is 0 Å². The molecule has 0 aliphatic rings. The first-order valence-electron chi connectivity index (χ1n) is 11.6. The number of ether oxygens (including phenoxy) is 1. The summed E-state index contributed by atoms with van der Waals surface area (Å²) in [6, 6.07) is 13.3. The van der Waals surface area contributed by atoms with Gasteiger partial charge in [-0.2, -0.15) is 4.98 Å². The van der Waals surface area contributed by atoms with Gasteiger partial charge in [0.15, 0.2) is 5.16 Å². The van der Waals surface area contributed by atoms with Crippen molar-refractivity contribution in [3.05, 3.63) is 112 Å². The molecule has 8 nitrogen and oxygen atoms in total. The third-order valence-corrected chi connectivity index (χ3v) is 6.50. The molecule has 0 radical (unpaired) electrons. The van der Waals surface area contributed by atoms with E-state index >= 15 is 0 Å². The lowest BCUT2D eigenvalue weighted by atomic mass is 10.1. The van der Waals surface area contributed by atoms with Crippen LogP contribution in [0.5, 0.6) is 0 Å². The molecule has 0 aliphatic heterocycles. The number of hydrogen-bond acceptors (Lipinski definition) is 7. The Morgan fingerprint density at radius 3 is 2.49 bits per heavy atom. The summed E-state index contributed by atoms with van der Waals surface area (Å²) >= 11 is 1.37. The van der Waals surface area contributed by atoms with Gasteiger partial charge in [0, 0.05) is 67.8 Å². The number of thioether (sulfide) groups is 1. The zero-order valence-electron chi connectivity index (χ0n) is 20.3. The third-order valence-electron chi connectivity index (χ3n) is 5.47. The molecule has 0 fully saturated rings. The molecule has 1 N–H and O–H groups in total. The van der Waals surface area contributed by atoms with Crippen LogP contribution in [-0.4, -0.2) is 45.7 Å². The maximum atomic E-state index is 13.3. The SMILES string of the molecule is COCCCNC(=O)c1ccc(-n2cc(Cc3cncnc3)c(=O)nc2SCc2ccc(F)cc2)cc1. The van der Waals surface area contributed by atoms with Gasteiger partial charge in [0.05, 0.1) is 0 Å². The number of halogens is 1. The van der Waals surface area contributed by atoms with Gasteiger partial charge < -0.3 is 10.1 Å². The van der Waals surface area contributed by atoms with Crippen LogP contribution < -0.4 is 10.9 Å². The monoisotopic (exact) mass is 519 g/mol. The minimum atomic E-state index is -0.339. The number of methoxy groups -OCH3 is 1. The molecule has 2 heterocycles. The highest BCUT2D eigenvalue weighted by atomic mass is 32.2. The number of nitrogens with zero attached hydrogens (tertiary/aromatic N) is 4. The molecule has 1 amide bonds. The van der Waals surface area contributed by atoms with E-state index in [4.69, 9.17) is 4.74 Å². The largest absolute Gasteiger partial charge is 0.385 e. The molecule has 4 rings (SSSR count). The van der Waals surface area contributed by atoms with Crippen LogP contribution in [0.4, 0.5) is 4.39 Å². The van der Waals surface area contributed by atoms with Crippen LogP contribution in [0.1, 0.15) is 33.5 Å². The van der Waals surface area contributed by atoms with Gasteiger partial charge in [0.2, 0.25) is 0 Å². The molecular formula is C27H26FN5O3S. The van der Waals surface area contributed by atoms with Crippen LogP contribution in [0.15, 0.2) is 83.4 Å². The van der Waals surface area contributed by atoms with Crippen LogP contribution in [-0.2, 0) is 16.9 Å². The maximum absolute atomic E-state index is 13.3. The molecular weight excluding hydrogens is 493 g/mol. The van der Waals surface area contributed by atoms with Crippen molar-refractivity contribution in [2.24, 2.45) is 0 Å². The molecule has 0 aliphatic carbocycles. The quantitative estimate of drug-likeness (QED) is 0.183. The number of rotatable bonds is 11. The van der Waals surface area contributed by atoms with E-state index in [1.807, 2.05) is 16.7 Å². The van der Waals surface area contributed by atoms with Gasteiger partial charge in [-0.1, -0.05) is 23.9 Å². The zero-order valence-corrected chi connectivity index (χ0v) is 21.1. The number of carbonyl (C=O) groups is 1. The van der Waals surface area contributed by atoms with E-state index in [0.29, 0.717) is 41.6 Å². The van der Waals surface area contributed by atoms with Crippen molar-refractivity contribution in [1.82, 2.24) is 24.8 Å². The fourth-order valence-corrected chi connectivity index (χ4v) is 4.48. The first-order chi connectivity index (χ1) is 18.0. The summed E-state index contributed by atoms with van der Waals surface area (Å²) < 4.78 is 20.1. The summed E-state index contributed by atoms with van der Waals surface area (Å²) in [5, 5.41) is 3.35. The Hall–Kier alpha value is -3.89. The van der Waals surface area contributed by atoms with Crippen molar-refractivity contribution in [3.8, 4) is 5.69 Å². The predicted molar refractivity (Wildman–Crippen MR) is 139 cm³/mol. The van der Waals surface area contributed by atoms with E-state index in [1.54, 1.807) is 50.0 Å². The van der Waals surface area contributed by atoms with Crippen LogP contribution in [0, 0.1) is 5.82 Å². The Balaban J connectivity index is 1.61. The Bertz CT molecular complexity index is 1380. The Labute approximate surface area is 218 Å². The molecule has 2 aromatic carbocycles. The van der Waals surface area contributed by atoms with Crippen LogP contribution in [0.25, 0.3) is 5.69 Å². The molecule has 0 saturated carbocycles. The first-order valence-corrected chi connectivity index (χ1v) is 12.6. The van der Waals surface area contributed by atoms with Crippen LogP contribution >= 0.6 is 11.8 Å². The van der Waals surface area contributed by atoms with Gasteiger partial charge in [-0.05, 0) is 53.9 Å². The average Bonchev–Trinajstić information content (AvgIpc) is 2.92. The third kappa shape index (κ3) is 7.31. The van der Waals surface area contributed by atoms with Crippen molar-refractivity contribution in [2.45, 2.75) is 23.8 Å². The second-order valence-electron chi connectivity index (χ2n) is 8.21. The van der Waals surface area contributed by atoms with Crippen LogP contribution in [0.3, 0.4) is 0 Å². The molecule has 2 aromatic heterocycles. The number of benzene rings is 2. The standard InChI is InChI=1S/C27H26FN5O3S/c1-36-12-2-11-31-25(34)21-5-9-24(10-6-21)33-16-22(13-20-14-29-18-30-15-20)26(35)32-27(33)37-17-19-3-7-23(28)8-4-19/h3-10,14-16,18H,2,11-13,17H2,1H3,(H,31,34). The fourth-order valence-electron chi connectivity index (χ4n) is 3.55. The van der Waals surface area contributed by atoms with Gasteiger partial charge in [-0.3, -0.25) is 14.2 Å². The number of carbonyl (C=O) groups excluding carboxylic acids is 1. The molecule has 0 unspecified atom stereocenters. The first kappa shape index (κ1) is 26.2. The molecule has 0 atom stereocenters. The minimum Gasteiger partial charge on any atom is -0.385 e. The van der Waals surface area contributed by atoms with Crippen molar-refractivity contribution in [1.29, 1.82) is 0 Å². The van der Waals surface area contributed by atoms with Gasteiger partial charge in [0.25, 0.3) is 11.5 Å². The predicted octanol–water partition coefficient (Wildman–Crippen LogP) is 3.81. The lowest BCUT2D eigenvalue weighted by molar-refractivity contribution is 0.0948. The highest BCUT2D eigenvalue weighted by Gasteiger charge is 2.13. The number of hydrogen-bond donors (Lipinski definition) is 1. The molecule has 190 valence electrons. The van der Waals surface area contributed by atoms with Gasteiger partial charge >= 0.3 is 0 Å². The molecule has 10 heteroatoms. The number of nitrogens with one attached hydrogen (secondary N) is 1.